The van der Waals surface area contributed by atoms with Crippen LogP contribution in [-0.4, -0.2) is 23.0 Å². The van der Waals surface area contributed by atoms with Crippen LogP contribution < -0.4 is 4.90 Å². The van der Waals surface area contributed by atoms with Gasteiger partial charge in [-0.25, -0.2) is 4.98 Å². The molecule has 5 heteroatoms. The van der Waals surface area contributed by atoms with Gasteiger partial charge in [-0.1, -0.05) is 18.2 Å². The number of rotatable bonds is 3. The minimum Gasteiger partial charge on any atom is -0.508 e. The third kappa shape index (κ3) is 2.94. The average Bonchev–Trinajstić information content (AvgIpc) is 3.04. The van der Waals surface area contributed by atoms with Gasteiger partial charge in [0, 0.05) is 18.3 Å². The third-order valence-electron chi connectivity index (χ3n) is 3.62. The van der Waals surface area contributed by atoms with E-state index in [9.17, 15) is 9.90 Å². The van der Waals surface area contributed by atoms with Crippen molar-refractivity contribution in [2.75, 3.05) is 11.9 Å². The van der Waals surface area contributed by atoms with Crippen LogP contribution in [0.2, 0.25) is 0 Å². The van der Waals surface area contributed by atoms with E-state index in [1.807, 2.05) is 31.2 Å². The zero-order valence-electron chi connectivity index (χ0n) is 12.9. The Labute approximate surface area is 133 Å². The number of phenols is 1. The molecule has 1 N–H and O–H groups in total. The highest BCUT2D eigenvalue weighted by Crippen LogP contribution is 2.23. The zero-order valence-corrected chi connectivity index (χ0v) is 12.9. The largest absolute Gasteiger partial charge is 0.508 e. The molecule has 0 aliphatic heterocycles. The van der Waals surface area contributed by atoms with E-state index in [1.54, 1.807) is 36.2 Å². The van der Waals surface area contributed by atoms with Crippen LogP contribution in [0.25, 0.3) is 11.5 Å². The molecule has 0 fully saturated rings. The number of amides is 1. The summed E-state index contributed by atoms with van der Waals surface area (Å²) in [4.78, 5) is 18.4. The lowest BCUT2D eigenvalue weighted by Gasteiger charge is -2.17. The highest BCUT2D eigenvalue weighted by Gasteiger charge is 2.19. The van der Waals surface area contributed by atoms with Gasteiger partial charge in [0.25, 0.3) is 5.91 Å². The molecule has 0 aliphatic carbocycles. The van der Waals surface area contributed by atoms with Crippen molar-refractivity contribution in [3.8, 4) is 17.2 Å². The summed E-state index contributed by atoms with van der Waals surface area (Å²) >= 11 is 0. The number of carbonyl (C=O) groups excluding carboxylic acids is 1. The fourth-order valence-electron chi connectivity index (χ4n) is 2.33. The Balaban J connectivity index is 1.86. The molecule has 0 unspecified atom stereocenters. The number of oxazole rings is 1. The lowest BCUT2D eigenvalue weighted by Crippen LogP contribution is -2.27. The summed E-state index contributed by atoms with van der Waals surface area (Å²) in [6, 6.07) is 14.1. The summed E-state index contributed by atoms with van der Waals surface area (Å²) in [5.74, 6) is 0.260. The molecular formula is C18H16N2O3. The highest BCUT2D eigenvalue weighted by atomic mass is 16.3. The Morgan fingerprint density at radius 3 is 2.52 bits per heavy atom. The van der Waals surface area contributed by atoms with E-state index in [-0.39, 0.29) is 17.4 Å². The van der Waals surface area contributed by atoms with E-state index in [1.165, 1.54) is 6.26 Å². The van der Waals surface area contributed by atoms with Crippen molar-refractivity contribution in [1.82, 2.24) is 4.98 Å². The number of nitrogens with zero attached hydrogens (tertiary/aromatic N) is 2. The van der Waals surface area contributed by atoms with Crippen LogP contribution in [0.1, 0.15) is 16.1 Å². The van der Waals surface area contributed by atoms with E-state index in [0.717, 1.165) is 11.3 Å². The van der Waals surface area contributed by atoms with Crippen LogP contribution in [0.5, 0.6) is 5.75 Å². The molecule has 0 bridgehead atoms. The molecule has 5 nitrogen and oxygen atoms in total. The number of aromatic nitrogens is 1. The smallest absolute Gasteiger partial charge is 0.279 e. The van der Waals surface area contributed by atoms with Crippen molar-refractivity contribution >= 4 is 11.6 Å². The SMILES string of the molecule is Cc1ccccc1N(C)C(=O)c1coc(-c2ccc(O)cc2)n1. The first kappa shape index (κ1) is 14.8. The van der Waals surface area contributed by atoms with Crippen LogP contribution >= 0.6 is 0 Å². The van der Waals surface area contributed by atoms with E-state index in [0.29, 0.717) is 11.5 Å². The van der Waals surface area contributed by atoms with Gasteiger partial charge in [-0.3, -0.25) is 4.79 Å². The molecule has 1 amide bonds. The average molecular weight is 308 g/mol. The van der Waals surface area contributed by atoms with E-state index >= 15 is 0 Å². The topological polar surface area (TPSA) is 66.6 Å². The Bertz CT molecular complexity index is 837. The van der Waals surface area contributed by atoms with Crippen molar-refractivity contribution in [2.45, 2.75) is 6.92 Å². The third-order valence-corrected chi connectivity index (χ3v) is 3.62. The van der Waals surface area contributed by atoms with Crippen molar-refractivity contribution in [2.24, 2.45) is 0 Å². The van der Waals surface area contributed by atoms with Gasteiger partial charge in [0.1, 0.15) is 12.0 Å². The predicted molar refractivity (Wildman–Crippen MR) is 87.5 cm³/mol. The number of benzene rings is 2. The monoisotopic (exact) mass is 308 g/mol. The molecule has 0 saturated heterocycles. The molecule has 23 heavy (non-hydrogen) atoms. The van der Waals surface area contributed by atoms with Crippen molar-refractivity contribution in [1.29, 1.82) is 0 Å². The number of para-hydroxylation sites is 1. The summed E-state index contributed by atoms with van der Waals surface area (Å²) in [6.07, 6.45) is 1.35. The number of phenolic OH excluding ortho intramolecular Hbond substituents is 1. The zero-order chi connectivity index (χ0) is 16.4. The summed E-state index contributed by atoms with van der Waals surface area (Å²) in [6.45, 7) is 1.95. The maximum Gasteiger partial charge on any atom is 0.279 e. The van der Waals surface area contributed by atoms with Crippen LogP contribution in [0.3, 0.4) is 0 Å². The van der Waals surface area contributed by atoms with E-state index in [4.69, 9.17) is 4.42 Å². The first-order chi connectivity index (χ1) is 11.1. The predicted octanol–water partition coefficient (Wildman–Crippen LogP) is 3.63. The Morgan fingerprint density at radius 2 is 1.83 bits per heavy atom. The Morgan fingerprint density at radius 1 is 1.13 bits per heavy atom. The van der Waals surface area contributed by atoms with Crippen molar-refractivity contribution in [3.63, 3.8) is 0 Å². The number of aryl methyl sites for hydroxylation is 1. The van der Waals surface area contributed by atoms with Crippen LogP contribution in [-0.2, 0) is 0 Å². The second-order valence-corrected chi connectivity index (χ2v) is 5.24. The summed E-state index contributed by atoms with van der Waals surface area (Å²) in [5.41, 5.74) is 2.76. The summed E-state index contributed by atoms with van der Waals surface area (Å²) in [5, 5.41) is 9.31. The number of anilines is 1. The van der Waals surface area contributed by atoms with Crippen LogP contribution in [0.4, 0.5) is 5.69 Å². The molecule has 0 atom stereocenters. The number of hydrogen-bond donors (Lipinski definition) is 1. The molecule has 2 aromatic carbocycles. The molecule has 1 aromatic heterocycles. The maximum atomic E-state index is 12.6. The van der Waals surface area contributed by atoms with Crippen LogP contribution in [0, 0.1) is 6.92 Å². The lowest BCUT2D eigenvalue weighted by atomic mass is 10.2. The second-order valence-electron chi connectivity index (χ2n) is 5.24. The molecule has 0 aliphatic rings. The minimum atomic E-state index is -0.243. The normalized spacial score (nSPS) is 10.5. The van der Waals surface area contributed by atoms with Crippen molar-refractivity contribution in [3.05, 3.63) is 66.1 Å². The second kappa shape index (κ2) is 5.96. The van der Waals surface area contributed by atoms with Gasteiger partial charge in [0.05, 0.1) is 0 Å². The molecule has 3 rings (SSSR count). The Kier molecular flexibility index (Phi) is 3.85. The standard InChI is InChI=1S/C18H16N2O3/c1-12-5-3-4-6-16(12)20(2)18(22)15-11-23-17(19-15)13-7-9-14(21)10-8-13/h3-11,21H,1-2H3. The number of carbonyl (C=O) groups is 1. The van der Waals surface area contributed by atoms with E-state index in [2.05, 4.69) is 4.98 Å². The first-order valence-electron chi connectivity index (χ1n) is 7.15. The maximum absolute atomic E-state index is 12.6. The molecule has 0 spiro atoms. The lowest BCUT2D eigenvalue weighted by molar-refractivity contribution is 0.0988. The summed E-state index contributed by atoms with van der Waals surface area (Å²) in [7, 11) is 1.71. The van der Waals surface area contributed by atoms with Gasteiger partial charge in [0.2, 0.25) is 5.89 Å². The molecule has 116 valence electrons. The van der Waals surface area contributed by atoms with Gasteiger partial charge in [-0.15, -0.1) is 0 Å². The van der Waals surface area contributed by atoms with E-state index < -0.39 is 0 Å². The Hall–Kier alpha value is -3.08. The molecule has 1 heterocycles. The quantitative estimate of drug-likeness (QED) is 0.802. The first-order valence-corrected chi connectivity index (χ1v) is 7.15. The van der Waals surface area contributed by atoms with Crippen molar-refractivity contribution < 1.29 is 14.3 Å². The van der Waals surface area contributed by atoms with Gasteiger partial charge >= 0.3 is 0 Å². The molecule has 0 radical (unpaired) electrons. The fraction of sp³-hybridized carbons (Fsp3) is 0.111. The van der Waals surface area contributed by atoms with Gasteiger partial charge < -0.3 is 14.4 Å². The molecule has 0 saturated carbocycles. The van der Waals surface area contributed by atoms with Gasteiger partial charge in [-0.2, -0.15) is 0 Å². The fourth-order valence-corrected chi connectivity index (χ4v) is 2.33. The minimum absolute atomic E-state index is 0.163. The van der Waals surface area contributed by atoms with Gasteiger partial charge in [0.15, 0.2) is 5.69 Å². The number of hydrogen-bond acceptors (Lipinski definition) is 4. The number of aromatic hydroxyl groups is 1. The highest BCUT2D eigenvalue weighted by molar-refractivity contribution is 6.04. The summed E-state index contributed by atoms with van der Waals surface area (Å²) < 4.78 is 5.39. The van der Waals surface area contributed by atoms with Crippen LogP contribution in [0.15, 0.2) is 59.2 Å². The molecular weight excluding hydrogens is 292 g/mol. The molecule has 3 aromatic rings. The van der Waals surface area contributed by atoms with Gasteiger partial charge in [-0.05, 0) is 42.8 Å².